The monoisotopic (exact) mass is 303 g/mol. The maximum absolute atomic E-state index is 8.82. The molecular weight excluding hydrogens is 294 g/mol. The number of hydrogen-bond donors (Lipinski definition) is 1. The number of benzene rings is 1. The van der Waals surface area contributed by atoms with Crippen molar-refractivity contribution in [1.82, 2.24) is 4.98 Å². The van der Waals surface area contributed by atoms with Gasteiger partial charge in [0, 0.05) is 22.4 Å². The highest BCUT2D eigenvalue weighted by molar-refractivity contribution is 9.10. The van der Waals surface area contributed by atoms with Gasteiger partial charge in [0.25, 0.3) is 0 Å². The molecule has 18 heavy (non-hydrogen) atoms. The highest BCUT2D eigenvalue weighted by atomic mass is 79.9. The van der Waals surface area contributed by atoms with E-state index >= 15 is 0 Å². The van der Waals surface area contributed by atoms with Crippen molar-refractivity contribution in [3.63, 3.8) is 0 Å². The summed E-state index contributed by atoms with van der Waals surface area (Å²) in [6.07, 6.45) is 1.59. The normalized spacial score (nSPS) is 9.61. The quantitative estimate of drug-likeness (QED) is 0.943. The van der Waals surface area contributed by atoms with Gasteiger partial charge in [0.05, 0.1) is 18.7 Å². The molecule has 0 aliphatic heterocycles. The number of methoxy groups -OCH3 is 1. The van der Waals surface area contributed by atoms with E-state index in [4.69, 9.17) is 10.00 Å². The molecule has 1 aromatic heterocycles. The third-order valence-electron chi connectivity index (χ3n) is 2.27. The summed E-state index contributed by atoms with van der Waals surface area (Å²) in [4.78, 5) is 4.15. The predicted molar refractivity (Wildman–Crippen MR) is 72.9 cm³/mol. The summed E-state index contributed by atoms with van der Waals surface area (Å²) in [6, 6.07) is 11.0. The van der Waals surface area contributed by atoms with Crippen LogP contribution in [-0.2, 0) is 0 Å². The number of hydrogen-bond acceptors (Lipinski definition) is 4. The molecule has 0 bridgehead atoms. The summed E-state index contributed by atoms with van der Waals surface area (Å²) in [5.41, 5.74) is 1.40. The highest BCUT2D eigenvalue weighted by Gasteiger charge is 2.02. The lowest BCUT2D eigenvalue weighted by atomic mass is 10.2. The van der Waals surface area contributed by atoms with Gasteiger partial charge in [0.2, 0.25) is 0 Å². The van der Waals surface area contributed by atoms with Gasteiger partial charge in [0.1, 0.15) is 11.6 Å². The molecule has 2 aromatic rings. The Morgan fingerprint density at radius 2 is 2.17 bits per heavy atom. The van der Waals surface area contributed by atoms with E-state index in [9.17, 15) is 0 Å². The van der Waals surface area contributed by atoms with E-state index in [1.807, 2.05) is 18.2 Å². The molecule has 0 aliphatic carbocycles. The highest BCUT2D eigenvalue weighted by Crippen LogP contribution is 2.26. The van der Waals surface area contributed by atoms with E-state index in [0.717, 1.165) is 15.9 Å². The summed E-state index contributed by atoms with van der Waals surface area (Å²) < 4.78 is 6.08. The van der Waals surface area contributed by atoms with Crippen molar-refractivity contribution in [1.29, 1.82) is 5.26 Å². The van der Waals surface area contributed by atoms with Gasteiger partial charge in [-0.3, -0.25) is 0 Å². The fourth-order valence-corrected chi connectivity index (χ4v) is 1.94. The van der Waals surface area contributed by atoms with Crippen molar-refractivity contribution in [3.8, 4) is 11.8 Å². The van der Waals surface area contributed by atoms with Gasteiger partial charge in [0.15, 0.2) is 0 Å². The Morgan fingerprint density at radius 1 is 1.33 bits per heavy atom. The maximum atomic E-state index is 8.82. The first kappa shape index (κ1) is 12.4. The first-order valence-electron chi connectivity index (χ1n) is 5.19. The van der Waals surface area contributed by atoms with Gasteiger partial charge in [-0.25, -0.2) is 4.98 Å². The number of aromatic nitrogens is 1. The Hall–Kier alpha value is -2.06. The summed E-state index contributed by atoms with van der Waals surface area (Å²) in [6.45, 7) is 0. The minimum atomic E-state index is 0.564. The molecule has 0 spiro atoms. The van der Waals surface area contributed by atoms with Crippen LogP contribution in [0.5, 0.6) is 5.75 Å². The zero-order valence-electron chi connectivity index (χ0n) is 9.64. The Morgan fingerprint density at radius 3 is 2.89 bits per heavy atom. The molecule has 0 saturated carbocycles. The molecule has 0 fully saturated rings. The molecule has 5 heteroatoms. The van der Waals surface area contributed by atoms with Crippen LogP contribution < -0.4 is 10.1 Å². The Balaban J connectivity index is 2.28. The van der Waals surface area contributed by atoms with E-state index in [1.54, 1.807) is 25.4 Å². The molecular formula is C13H10BrN3O. The van der Waals surface area contributed by atoms with Crippen LogP contribution in [0, 0.1) is 11.3 Å². The first-order valence-corrected chi connectivity index (χ1v) is 5.98. The number of ether oxygens (including phenoxy) is 1. The van der Waals surface area contributed by atoms with Crippen LogP contribution in [0.1, 0.15) is 5.56 Å². The van der Waals surface area contributed by atoms with Crippen LogP contribution in [0.3, 0.4) is 0 Å². The second-order valence-corrected chi connectivity index (χ2v) is 4.46. The number of nitrogens with zero attached hydrogens (tertiary/aromatic N) is 2. The summed E-state index contributed by atoms with van der Waals surface area (Å²) in [5.74, 6) is 1.36. The largest absolute Gasteiger partial charge is 0.497 e. The summed E-state index contributed by atoms with van der Waals surface area (Å²) in [5, 5.41) is 11.9. The molecule has 0 amide bonds. The van der Waals surface area contributed by atoms with Crippen molar-refractivity contribution >= 4 is 27.4 Å². The molecule has 1 heterocycles. The molecule has 90 valence electrons. The zero-order valence-corrected chi connectivity index (χ0v) is 11.2. The van der Waals surface area contributed by atoms with E-state index in [0.29, 0.717) is 11.4 Å². The number of pyridine rings is 1. The number of nitriles is 1. The molecule has 0 unspecified atom stereocenters. The molecule has 0 atom stereocenters. The van der Waals surface area contributed by atoms with Gasteiger partial charge in [-0.15, -0.1) is 0 Å². The SMILES string of the molecule is COc1cc(Br)cc(Nc2cc(C#N)ccn2)c1. The Bertz CT molecular complexity index is 607. The van der Waals surface area contributed by atoms with Gasteiger partial charge in [-0.05, 0) is 24.3 Å². The lowest BCUT2D eigenvalue weighted by Crippen LogP contribution is -1.94. The third kappa shape index (κ3) is 2.99. The molecule has 4 nitrogen and oxygen atoms in total. The molecule has 1 aromatic carbocycles. The minimum absolute atomic E-state index is 0.564. The molecule has 2 rings (SSSR count). The van der Waals surface area contributed by atoms with E-state index in [-0.39, 0.29) is 0 Å². The van der Waals surface area contributed by atoms with Crippen LogP contribution in [0.2, 0.25) is 0 Å². The lowest BCUT2D eigenvalue weighted by Gasteiger charge is -2.08. The second-order valence-electron chi connectivity index (χ2n) is 3.55. The summed E-state index contributed by atoms with van der Waals surface area (Å²) >= 11 is 3.40. The topological polar surface area (TPSA) is 57.9 Å². The number of nitrogens with one attached hydrogen (secondary N) is 1. The van der Waals surface area contributed by atoms with Crippen LogP contribution in [0.25, 0.3) is 0 Å². The van der Waals surface area contributed by atoms with Gasteiger partial charge < -0.3 is 10.1 Å². The zero-order chi connectivity index (χ0) is 13.0. The molecule has 0 aliphatic rings. The fourth-order valence-electron chi connectivity index (χ4n) is 1.47. The van der Waals surface area contributed by atoms with E-state index in [1.165, 1.54) is 0 Å². The average molecular weight is 304 g/mol. The lowest BCUT2D eigenvalue weighted by molar-refractivity contribution is 0.415. The minimum Gasteiger partial charge on any atom is -0.497 e. The average Bonchev–Trinajstić information content (AvgIpc) is 2.38. The number of halogens is 1. The van der Waals surface area contributed by atoms with Crippen LogP contribution in [-0.4, -0.2) is 12.1 Å². The van der Waals surface area contributed by atoms with Crippen LogP contribution in [0.15, 0.2) is 41.0 Å². The van der Waals surface area contributed by atoms with Gasteiger partial charge in [-0.1, -0.05) is 15.9 Å². The van der Waals surface area contributed by atoms with Crippen molar-refractivity contribution < 1.29 is 4.74 Å². The standard InChI is InChI=1S/C13H10BrN3O/c1-18-12-6-10(14)5-11(7-12)17-13-4-9(8-15)2-3-16-13/h2-7H,1H3,(H,16,17). The van der Waals surface area contributed by atoms with Crippen molar-refractivity contribution in [3.05, 3.63) is 46.6 Å². The fraction of sp³-hybridized carbons (Fsp3) is 0.0769. The maximum Gasteiger partial charge on any atom is 0.131 e. The number of anilines is 2. The summed E-state index contributed by atoms with van der Waals surface area (Å²) in [7, 11) is 1.61. The number of rotatable bonds is 3. The van der Waals surface area contributed by atoms with Gasteiger partial charge in [-0.2, -0.15) is 5.26 Å². The molecule has 0 radical (unpaired) electrons. The van der Waals surface area contributed by atoms with Crippen molar-refractivity contribution in [2.45, 2.75) is 0 Å². The second kappa shape index (κ2) is 5.52. The van der Waals surface area contributed by atoms with Crippen molar-refractivity contribution in [2.24, 2.45) is 0 Å². The van der Waals surface area contributed by atoms with Crippen LogP contribution in [0.4, 0.5) is 11.5 Å². The van der Waals surface area contributed by atoms with E-state index < -0.39 is 0 Å². The Kier molecular flexibility index (Phi) is 3.80. The predicted octanol–water partition coefficient (Wildman–Crippen LogP) is 3.47. The first-order chi connectivity index (χ1) is 8.71. The smallest absolute Gasteiger partial charge is 0.131 e. The third-order valence-corrected chi connectivity index (χ3v) is 2.73. The Labute approximate surface area is 113 Å². The molecule has 0 saturated heterocycles. The molecule has 1 N–H and O–H groups in total. The van der Waals surface area contributed by atoms with Crippen LogP contribution >= 0.6 is 15.9 Å². The van der Waals surface area contributed by atoms with E-state index in [2.05, 4.69) is 32.3 Å². The van der Waals surface area contributed by atoms with Crippen molar-refractivity contribution in [2.75, 3.05) is 12.4 Å². The van der Waals surface area contributed by atoms with Gasteiger partial charge >= 0.3 is 0 Å².